The summed E-state index contributed by atoms with van der Waals surface area (Å²) in [4.78, 5) is 0. The number of nitrogens with two attached hydrogens (primary N) is 1. The summed E-state index contributed by atoms with van der Waals surface area (Å²) in [5.41, 5.74) is 7.02. The second-order valence-corrected chi connectivity index (χ2v) is 5.37. The molecule has 1 fully saturated rings. The molecular formula is C15H21F2N. The van der Waals surface area contributed by atoms with Crippen molar-refractivity contribution in [3.63, 3.8) is 0 Å². The van der Waals surface area contributed by atoms with Crippen LogP contribution in [0.2, 0.25) is 0 Å². The Hall–Kier alpha value is -0.960. The summed E-state index contributed by atoms with van der Waals surface area (Å²) in [5, 5.41) is 0. The van der Waals surface area contributed by atoms with Crippen LogP contribution >= 0.6 is 0 Å². The Morgan fingerprint density at radius 2 is 1.72 bits per heavy atom. The SMILES string of the molecule is NC(Cc1ccc(F)c(F)c1)C1CCCCCC1. The fraction of sp³-hybridized carbons (Fsp3) is 0.600. The van der Waals surface area contributed by atoms with Crippen LogP contribution in [0.25, 0.3) is 0 Å². The lowest BCUT2D eigenvalue weighted by atomic mass is 9.88. The van der Waals surface area contributed by atoms with Crippen LogP contribution in [0.15, 0.2) is 18.2 Å². The van der Waals surface area contributed by atoms with Crippen molar-refractivity contribution in [2.45, 2.75) is 51.0 Å². The summed E-state index contributed by atoms with van der Waals surface area (Å²) in [6, 6.07) is 4.15. The van der Waals surface area contributed by atoms with Crippen LogP contribution in [0.4, 0.5) is 8.78 Å². The van der Waals surface area contributed by atoms with Gasteiger partial charge in [-0.1, -0.05) is 31.7 Å². The maximum Gasteiger partial charge on any atom is 0.159 e. The number of hydrogen-bond acceptors (Lipinski definition) is 1. The molecular weight excluding hydrogens is 232 g/mol. The molecule has 1 aliphatic carbocycles. The molecule has 100 valence electrons. The van der Waals surface area contributed by atoms with Crippen LogP contribution in [0.5, 0.6) is 0 Å². The first kappa shape index (κ1) is 13.5. The van der Waals surface area contributed by atoms with Gasteiger partial charge in [0.15, 0.2) is 11.6 Å². The normalized spacial score (nSPS) is 19.5. The Morgan fingerprint density at radius 3 is 2.33 bits per heavy atom. The minimum absolute atomic E-state index is 0.0629. The van der Waals surface area contributed by atoms with E-state index in [-0.39, 0.29) is 6.04 Å². The lowest BCUT2D eigenvalue weighted by Gasteiger charge is -2.22. The van der Waals surface area contributed by atoms with Crippen molar-refractivity contribution in [2.75, 3.05) is 0 Å². The number of hydrogen-bond donors (Lipinski definition) is 1. The minimum Gasteiger partial charge on any atom is -0.327 e. The second kappa shape index (κ2) is 6.28. The molecule has 0 spiro atoms. The van der Waals surface area contributed by atoms with Gasteiger partial charge in [0.05, 0.1) is 0 Å². The summed E-state index contributed by atoms with van der Waals surface area (Å²) in [6.45, 7) is 0. The second-order valence-electron chi connectivity index (χ2n) is 5.37. The van der Waals surface area contributed by atoms with E-state index in [1.807, 2.05) is 0 Å². The van der Waals surface area contributed by atoms with Gasteiger partial charge in [0.2, 0.25) is 0 Å². The first-order chi connectivity index (χ1) is 8.66. The minimum atomic E-state index is -0.790. The van der Waals surface area contributed by atoms with Gasteiger partial charge >= 0.3 is 0 Å². The smallest absolute Gasteiger partial charge is 0.159 e. The first-order valence-electron chi connectivity index (χ1n) is 6.86. The van der Waals surface area contributed by atoms with E-state index < -0.39 is 11.6 Å². The zero-order chi connectivity index (χ0) is 13.0. The van der Waals surface area contributed by atoms with E-state index in [2.05, 4.69) is 0 Å². The summed E-state index contributed by atoms with van der Waals surface area (Å²) in [5.74, 6) is -1.04. The molecule has 0 saturated heterocycles. The highest BCUT2D eigenvalue weighted by molar-refractivity contribution is 5.19. The molecule has 0 amide bonds. The molecule has 1 aromatic rings. The van der Waals surface area contributed by atoms with Crippen molar-refractivity contribution in [3.05, 3.63) is 35.4 Å². The van der Waals surface area contributed by atoms with Crippen LogP contribution in [0.3, 0.4) is 0 Å². The van der Waals surface area contributed by atoms with Gasteiger partial charge in [-0.2, -0.15) is 0 Å². The summed E-state index contributed by atoms with van der Waals surface area (Å²) >= 11 is 0. The van der Waals surface area contributed by atoms with Gasteiger partial charge in [-0.25, -0.2) is 8.78 Å². The van der Waals surface area contributed by atoms with E-state index >= 15 is 0 Å². The third kappa shape index (κ3) is 3.52. The molecule has 1 saturated carbocycles. The molecule has 2 N–H and O–H groups in total. The van der Waals surface area contributed by atoms with Gasteiger partial charge in [0.1, 0.15) is 0 Å². The summed E-state index contributed by atoms with van der Waals surface area (Å²) < 4.78 is 26.0. The molecule has 1 unspecified atom stereocenters. The molecule has 1 aliphatic rings. The van der Waals surface area contributed by atoms with Crippen LogP contribution in [0.1, 0.15) is 44.1 Å². The molecule has 2 rings (SSSR count). The maximum atomic E-state index is 13.1. The summed E-state index contributed by atoms with van der Waals surface area (Å²) in [7, 11) is 0. The standard InChI is InChI=1S/C15H21F2N/c16-13-8-7-11(9-14(13)17)10-15(18)12-5-3-1-2-4-6-12/h7-9,12,15H,1-6,10,18H2. The third-order valence-corrected chi connectivity index (χ3v) is 3.96. The molecule has 0 aliphatic heterocycles. The predicted octanol–water partition coefficient (Wildman–Crippen LogP) is 3.81. The van der Waals surface area contributed by atoms with Gasteiger partial charge in [-0.3, -0.25) is 0 Å². The highest BCUT2D eigenvalue weighted by Gasteiger charge is 2.20. The van der Waals surface area contributed by atoms with Crippen LogP contribution < -0.4 is 5.73 Å². The summed E-state index contributed by atoms with van der Waals surface area (Å²) in [6.07, 6.45) is 8.08. The van der Waals surface area contributed by atoms with Crippen molar-refractivity contribution in [2.24, 2.45) is 11.7 Å². The largest absolute Gasteiger partial charge is 0.327 e. The van der Waals surface area contributed by atoms with E-state index in [1.165, 1.54) is 50.7 Å². The quantitative estimate of drug-likeness (QED) is 0.815. The number of benzene rings is 1. The van der Waals surface area contributed by atoms with Gasteiger partial charge in [0, 0.05) is 6.04 Å². The van der Waals surface area contributed by atoms with E-state index in [1.54, 1.807) is 6.07 Å². The maximum absolute atomic E-state index is 13.1. The number of halogens is 2. The molecule has 1 aromatic carbocycles. The average molecular weight is 253 g/mol. The predicted molar refractivity (Wildman–Crippen MR) is 69.2 cm³/mol. The van der Waals surface area contributed by atoms with Crippen molar-refractivity contribution in [1.29, 1.82) is 0 Å². The fourth-order valence-corrected chi connectivity index (χ4v) is 2.84. The van der Waals surface area contributed by atoms with Crippen LogP contribution in [0, 0.1) is 17.6 Å². The molecule has 3 heteroatoms. The lowest BCUT2D eigenvalue weighted by molar-refractivity contribution is 0.372. The van der Waals surface area contributed by atoms with Crippen molar-refractivity contribution < 1.29 is 8.78 Å². The molecule has 1 nitrogen and oxygen atoms in total. The Labute approximate surface area is 107 Å². The lowest BCUT2D eigenvalue weighted by Crippen LogP contribution is -2.32. The van der Waals surface area contributed by atoms with Gasteiger partial charge in [-0.15, -0.1) is 0 Å². The van der Waals surface area contributed by atoms with E-state index in [0.717, 1.165) is 5.56 Å². The first-order valence-corrected chi connectivity index (χ1v) is 6.86. The Morgan fingerprint density at radius 1 is 1.06 bits per heavy atom. The van der Waals surface area contributed by atoms with Crippen LogP contribution in [-0.2, 0) is 6.42 Å². The molecule has 0 heterocycles. The Bertz CT molecular complexity index is 384. The van der Waals surface area contributed by atoms with Crippen molar-refractivity contribution >= 4 is 0 Å². The monoisotopic (exact) mass is 253 g/mol. The number of rotatable bonds is 3. The van der Waals surface area contributed by atoms with E-state index in [9.17, 15) is 8.78 Å². The Kier molecular flexibility index (Phi) is 4.70. The van der Waals surface area contributed by atoms with E-state index in [0.29, 0.717) is 12.3 Å². The topological polar surface area (TPSA) is 26.0 Å². The Balaban J connectivity index is 1.96. The molecule has 0 radical (unpaired) electrons. The fourth-order valence-electron chi connectivity index (χ4n) is 2.84. The molecule has 18 heavy (non-hydrogen) atoms. The highest BCUT2D eigenvalue weighted by Crippen LogP contribution is 2.26. The zero-order valence-corrected chi connectivity index (χ0v) is 10.7. The average Bonchev–Trinajstić information content (AvgIpc) is 2.62. The van der Waals surface area contributed by atoms with Gasteiger partial charge < -0.3 is 5.73 Å². The van der Waals surface area contributed by atoms with Crippen molar-refractivity contribution in [1.82, 2.24) is 0 Å². The van der Waals surface area contributed by atoms with Gasteiger partial charge in [0.25, 0.3) is 0 Å². The zero-order valence-electron chi connectivity index (χ0n) is 10.7. The van der Waals surface area contributed by atoms with Gasteiger partial charge in [-0.05, 0) is 42.9 Å². The highest BCUT2D eigenvalue weighted by atomic mass is 19.2. The van der Waals surface area contributed by atoms with E-state index in [4.69, 9.17) is 5.73 Å². The molecule has 0 aromatic heterocycles. The third-order valence-electron chi connectivity index (χ3n) is 3.96. The van der Waals surface area contributed by atoms with Crippen LogP contribution in [-0.4, -0.2) is 6.04 Å². The molecule has 0 bridgehead atoms. The van der Waals surface area contributed by atoms with Crippen molar-refractivity contribution in [3.8, 4) is 0 Å². The molecule has 1 atom stereocenters.